The fraction of sp³-hybridized carbons (Fsp3) is 0.600. The van der Waals surface area contributed by atoms with Crippen LogP contribution in [-0.4, -0.2) is 38.6 Å². The maximum Gasteiger partial charge on any atom is 0.259 e. The Balaban J connectivity index is 1.80. The number of aliphatic hydroxyl groups is 1. The van der Waals surface area contributed by atoms with E-state index in [1.807, 2.05) is 19.2 Å². The Morgan fingerprint density at radius 3 is 3.14 bits per heavy atom. The second-order valence-electron chi connectivity index (χ2n) is 5.96. The molecule has 1 aliphatic heterocycles. The lowest BCUT2D eigenvalue weighted by Gasteiger charge is -2.33. The molecule has 1 aliphatic rings. The van der Waals surface area contributed by atoms with Gasteiger partial charge in [0.05, 0.1) is 11.8 Å². The summed E-state index contributed by atoms with van der Waals surface area (Å²) in [5.41, 5.74) is 1.76. The van der Waals surface area contributed by atoms with Crippen LogP contribution in [0, 0.1) is 12.8 Å². The van der Waals surface area contributed by atoms with E-state index in [2.05, 4.69) is 9.88 Å². The summed E-state index contributed by atoms with van der Waals surface area (Å²) >= 11 is 1.50. The van der Waals surface area contributed by atoms with E-state index in [1.165, 1.54) is 11.3 Å². The predicted molar refractivity (Wildman–Crippen MR) is 83.8 cm³/mol. The predicted octanol–water partition coefficient (Wildman–Crippen LogP) is 1.66. The minimum atomic E-state index is -0.270. The van der Waals surface area contributed by atoms with Crippen LogP contribution in [0.1, 0.15) is 31.2 Å². The molecule has 0 amide bonds. The molecule has 0 aromatic carbocycles. The van der Waals surface area contributed by atoms with Gasteiger partial charge < -0.3 is 5.11 Å². The summed E-state index contributed by atoms with van der Waals surface area (Å²) in [6, 6.07) is 1.64. The fourth-order valence-electron chi connectivity index (χ4n) is 3.04. The average Bonchev–Trinajstić information content (AvgIpc) is 2.81. The van der Waals surface area contributed by atoms with Crippen LogP contribution in [0.4, 0.5) is 0 Å². The van der Waals surface area contributed by atoms with Gasteiger partial charge in [-0.05, 0) is 39.2 Å². The van der Waals surface area contributed by atoms with Crippen molar-refractivity contribution in [2.45, 2.75) is 39.3 Å². The van der Waals surface area contributed by atoms with Crippen LogP contribution in [0.15, 0.2) is 16.2 Å². The highest BCUT2D eigenvalue weighted by Crippen LogP contribution is 2.21. The Bertz CT molecular complexity index is 692. The second kappa shape index (κ2) is 5.87. The molecule has 6 heteroatoms. The van der Waals surface area contributed by atoms with Crippen molar-refractivity contribution in [2.75, 3.05) is 13.1 Å². The summed E-state index contributed by atoms with van der Waals surface area (Å²) in [7, 11) is 0. The summed E-state index contributed by atoms with van der Waals surface area (Å²) in [5, 5.41) is 11.7. The van der Waals surface area contributed by atoms with Crippen molar-refractivity contribution in [3.63, 3.8) is 0 Å². The minimum Gasteiger partial charge on any atom is -0.393 e. The SMILES string of the molecule is Cc1csc2nc(CN3CCCC(C(C)O)C3)cc(=O)n12. The number of thiazole rings is 1. The third-order valence-corrected chi connectivity index (χ3v) is 5.18. The number of fused-ring (bicyclic) bond motifs is 1. The first-order valence-corrected chi connectivity index (χ1v) is 8.30. The van der Waals surface area contributed by atoms with Crippen molar-refractivity contribution in [2.24, 2.45) is 5.92 Å². The van der Waals surface area contributed by atoms with Gasteiger partial charge in [0.25, 0.3) is 5.56 Å². The summed E-state index contributed by atoms with van der Waals surface area (Å²) in [6.45, 7) is 6.35. The monoisotopic (exact) mass is 307 g/mol. The van der Waals surface area contributed by atoms with Crippen molar-refractivity contribution in [1.82, 2.24) is 14.3 Å². The third kappa shape index (κ3) is 3.02. The number of aromatic nitrogens is 2. The molecule has 1 N–H and O–H groups in total. The molecular formula is C15H21N3O2S. The molecule has 114 valence electrons. The zero-order valence-corrected chi connectivity index (χ0v) is 13.3. The van der Waals surface area contributed by atoms with E-state index < -0.39 is 0 Å². The molecule has 2 aromatic rings. The van der Waals surface area contributed by atoms with Gasteiger partial charge in [0, 0.05) is 30.2 Å². The number of aryl methyl sites for hydroxylation is 1. The maximum atomic E-state index is 12.2. The molecule has 0 saturated carbocycles. The molecule has 2 atom stereocenters. The Hall–Kier alpha value is -1.24. The summed E-state index contributed by atoms with van der Waals surface area (Å²) in [6.07, 6.45) is 1.90. The second-order valence-corrected chi connectivity index (χ2v) is 6.80. The average molecular weight is 307 g/mol. The van der Waals surface area contributed by atoms with Gasteiger partial charge in [-0.25, -0.2) is 4.98 Å². The van der Waals surface area contributed by atoms with Crippen LogP contribution in [-0.2, 0) is 6.54 Å². The molecule has 0 aliphatic carbocycles. The van der Waals surface area contributed by atoms with Crippen LogP contribution in [0.25, 0.3) is 4.96 Å². The third-order valence-electron chi connectivity index (χ3n) is 4.24. The molecule has 2 unspecified atom stereocenters. The van der Waals surface area contributed by atoms with Gasteiger partial charge in [0.1, 0.15) is 0 Å². The summed E-state index contributed by atoms with van der Waals surface area (Å²) in [5.74, 6) is 0.326. The van der Waals surface area contributed by atoms with Crippen molar-refractivity contribution in [1.29, 1.82) is 0 Å². The number of aliphatic hydroxyl groups excluding tert-OH is 1. The highest BCUT2D eigenvalue weighted by atomic mass is 32.1. The van der Waals surface area contributed by atoms with E-state index in [4.69, 9.17) is 0 Å². The molecule has 1 fully saturated rings. The maximum absolute atomic E-state index is 12.2. The van der Waals surface area contributed by atoms with E-state index in [0.717, 1.165) is 42.3 Å². The van der Waals surface area contributed by atoms with Crippen LogP contribution in [0.5, 0.6) is 0 Å². The van der Waals surface area contributed by atoms with E-state index >= 15 is 0 Å². The standard InChI is InChI=1S/C15H21N3O2S/c1-10-9-21-15-16-13(6-14(20)18(10)15)8-17-5-3-4-12(7-17)11(2)19/h6,9,11-12,19H,3-5,7-8H2,1-2H3. The van der Waals surface area contributed by atoms with E-state index in [1.54, 1.807) is 10.5 Å². The van der Waals surface area contributed by atoms with Gasteiger partial charge >= 0.3 is 0 Å². The van der Waals surface area contributed by atoms with Gasteiger partial charge in [-0.3, -0.25) is 14.1 Å². The summed E-state index contributed by atoms with van der Waals surface area (Å²) in [4.78, 5) is 19.8. The Morgan fingerprint density at radius 2 is 2.38 bits per heavy atom. The zero-order valence-electron chi connectivity index (χ0n) is 12.5. The van der Waals surface area contributed by atoms with Gasteiger partial charge in [-0.15, -0.1) is 11.3 Å². The van der Waals surface area contributed by atoms with Gasteiger partial charge in [0.15, 0.2) is 4.96 Å². The van der Waals surface area contributed by atoms with Crippen molar-refractivity contribution < 1.29 is 5.11 Å². The van der Waals surface area contributed by atoms with Gasteiger partial charge in [-0.2, -0.15) is 0 Å². The van der Waals surface area contributed by atoms with E-state index in [9.17, 15) is 9.90 Å². The normalized spacial score (nSPS) is 21.8. The molecule has 0 spiro atoms. The quantitative estimate of drug-likeness (QED) is 0.937. The number of likely N-dealkylation sites (tertiary alicyclic amines) is 1. The fourth-order valence-corrected chi connectivity index (χ4v) is 3.93. The minimum absolute atomic E-state index is 0.00200. The molecule has 3 rings (SSSR count). The van der Waals surface area contributed by atoms with Crippen LogP contribution >= 0.6 is 11.3 Å². The number of hydrogen-bond donors (Lipinski definition) is 1. The number of piperidine rings is 1. The first-order valence-electron chi connectivity index (χ1n) is 7.42. The smallest absolute Gasteiger partial charge is 0.259 e. The number of nitrogens with zero attached hydrogens (tertiary/aromatic N) is 3. The lowest BCUT2D eigenvalue weighted by Crippen LogP contribution is -2.39. The molecular weight excluding hydrogens is 286 g/mol. The van der Waals surface area contributed by atoms with Crippen molar-refractivity contribution in [3.05, 3.63) is 33.2 Å². The number of hydrogen-bond acceptors (Lipinski definition) is 5. The van der Waals surface area contributed by atoms with Crippen LogP contribution < -0.4 is 5.56 Å². The molecule has 0 radical (unpaired) electrons. The highest BCUT2D eigenvalue weighted by molar-refractivity contribution is 7.15. The van der Waals surface area contributed by atoms with E-state index in [0.29, 0.717) is 12.5 Å². The lowest BCUT2D eigenvalue weighted by molar-refractivity contribution is 0.0594. The van der Waals surface area contributed by atoms with E-state index in [-0.39, 0.29) is 11.7 Å². The summed E-state index contributed by atoms with van der Waals surface area (Å²) < 4.78 is 1.66. The first kappa shape index (κ1) is 14.7. The molecule has 3 heterocycles. The van der Waals surface area contributed by atoms with Crippen LogP contribution in [0.3, 0.4) is 0 Å². The lowest BCUT2D eigenvalue weighted by atomic mass is 9.93. The molecule has 1 saturated heterocycles. The van der Waals surface area contributed by atoms with Crippen LogP contribution in [0.2, 0.25) is 0 Å². The topological polar surface area (TPSA) is 57.8 Å². The Morgan fingerprint density at radius 1 is 1.57 bits per heavy atom. The molecule has 0 bridgehead atoms. The Labute approximate surface area is 127 Å². The largest absolute Gasteiger partial charge is 0.393 e. The zero-order chi connectivity index (χ0) is 15.0. The van der Waals surface area contributed by atoms with Crippen molar-refractivity contribution >= 4 is 16.3 Å². The number of rotatable bonds is 3. The van der Waals surface area contributed by atoms with Gasteiger partial charge in [-0.1, -0.05) is 0 Å². The van der Waals surface area contributed by atoms with Gasteiger partial charge in [0.2, 0.25) is 0 Å². The molecule has 21 heavy (non-hydrogen) atoms. The Kier molecular flexibility index (Phi) is 4.10. The first-order chi connectivity index (χ1) is 10.0. The highest BCUT2D eigenvalue weighted by Gasteiger charge is 2.23. The molecule has 5 nitrogen and oxygen atoms in total. The molecule has 2 aromatic heterocycles. The van der Waals surface area contributed by atoms with Crippen molar-refractivity contribution in [3.8, 4) is 0 Å².